The highest BCUT2D eigenvalue weighted by Crippen LogP contribution is 2.21. The van der Waals surface area contributed by atoms with E-state index in [1.165, 1.54) is 11.1 Å². The molecule has 1 aromatic heterocycles. The van der Waals surface area contributed by atoms with Crippen LogP contribution in [0.4, 0.5) is 0 Å². The van der Waals surface area contributed by atoms with Gasteiger partial charge in [0, 0.05) is 17.6 Å². The first-order valence-corrected chi connectivity index (χ1v) is 6.73. The minimum Gasteiger partial charge on any atom is -0.243 e. The summed E-state index contributed by atoms with van der Waals surface area (Å²) in [4.78, 5) is 0. The summed E-state index contributed by atoms with van der Waals surface area (Å²) < 4.78 is 1.93. The molecule has 2 heteroatoms. The third-order valence-corrected chi connectivity index (χ3v) is 3.12. The van der Waals surface area contributed by atoms with Crippen LogP contribution in [-0.2, 0) is 0 Å². The standard InChI is InChI=1S/C17H24N2/c1-7-9-13(3)17(8-2)14(4)12-16(6)19-15(5)10-11-18-19/h8-12H,4,7H2,1-3,5-6H3/b13-9-,16-12-,17-8+. The normalized spacial score (nSPS) is 13.8. The maximum atomic E-state index is 4.31. The Morgan fingerprint density at radius 2 is 2.11 bits per heavy atom. The molecule has 0 aliphatic heterocycles. The largest absolute Gasteiger partial charge is 0.243 e. The number of aryl methyl sites for hydroxylation is 1. The molecule has 0 atom stereocenters. The zero-order chi connectivity index (χ0) is 14.4. The molecule has 0 unspecified atom stereocenters. The molecule has 0 radical (unpaired) electrons. The summed E-state index contributed by atoms with van der Waals surface area (Å²) in [6.07, 6.45) is 9.28. The van der Waals surface area contributed by atoms with Crippen molar-refractivity contribution < 1.29 is 0 Å². The highest BCUT2D eigenvalue weighted by Gasteiger charge is 2.04. The van der Waals surface area contributed by atoms with Gasteiger partial charge in [-0.1, -0.05) is 25.7 Å². The number of rotatable bonds is 5. The van der Waals surface area contributed by atoms with Gasteiger partial charge in [0.05, 0.1) is 0 Å². The van der Waals surface area contributed by atoms with Gasteiger partial charge in [-0.05, 0) is 63.0 Å². The molecule has 0 aliphatic carbocycles. The molecule has 0 saturated carbocycles. The van der Waals surface area contributed by atoms with E-state index in [1.54, 1.807) is 0 Å². The lowest BCUT2D eigenvalue weighted by Gasteiger charge is -2.10. The van der Waals surface area contributed by atoms with Crippen molar-refractivity contribution in [3.63, 3.8) is 0 Å². The van der Waals surface area contributed by atoms with E-state index in [4.69, 9.17) is 0 Å². The molecule has 0 spiro atoms. The molecule has 0 saturated heterocycles. The summed E-state index contributed by atoms with van der Waals surface area (Å²) in [7, 11) is 0. The first-order chi connectivity index (χ1) is 9.01. The molecule has 1 rings (SSSR count). The van der Waals surface area contributed by atoms with E-state index in [-0.39, 0.29) is 0 Å². The highest BCUT2D eigenvalue weighted by molar-refractivity contribution is 5.57. The van der Waals surface area contributed by atoms with Crippen LogP contribution in [0.3, 0.4) is 0 Å². The Morgan fingerprint density at radius 3 is 2.58 bits per heavy atom. The fraction of sp³-hybridized carbons (Fsp3) is 0.353. The fourth-order valence-electron chi connectivity index (χ4n) is 2.21. The lowest BCUT2D eigenvalue weighted by molar-refractivity contribution is 0.861. The molecule has 0 bridgehead atoms. The fourth-order valence-corrected chi connectivity index (χ4v) is 2.21. The van der Waals surface area contributed by atoms with Crippen LogP contribution < -0.4 is 0 Å². The summed E-state index contributed by atoms with van der Waals surface area (Å²) in [6, 6.07) is 2.00. The van der Waals surface area contributed by atoms with E-state index in [2.05, 4.69) is 57.6 Å². The van der Waals surface area contributed by atoms with Gasteiger partial charge in [0.2, 0.25) is 0 Å². The SMILES string of the molecule is C=C(/C=C(/C)n1nccc1C)C(=C/C)/C(C)=C\CC. The van der Waals surface area contributed by atoms with Gasteiger partial charge in [-0.2, -0.15) is 5.10 Å². The van der Waals surface area contributed by atoms with Crippen LogP contribution in [0.1, 0.15) is 39.8 Å². The summed E-state index contributed by atoms with van der Waals surface area (Å²) in [5.41, 5.74) is 5.71. The molecule has 0 N–H and O–H groups in total. The van der Waals surface area contributed by atoms with Gasteiger partial charge in [-0.15, -0.1) is 0 Å². The second-order valence-electron chi connectivity index (χ2n) is 4.69. The lowest BCUT2D eigenvalue weighted by atomic mass is 9.98. The van der Waals surface area contributed by atoms with Gasteiger partial charge in [0.1, 0.15) is 0 Å². The molecular weight excluding hydrogens is 232 g/mol. The second kappa shape index (κ2) is 6.93. The average Bonchev–Trinajstić information content (AvgIpc) is 2.76. The van der Waals surface area contributed by atoms with Gasteiger partial charge >= 0.3 is 0 Å². The van der Waals surface area contributed by atoms with Crippen LogP contribution >= 0.6 is 0 Å². The van der Waals surface area contributed by atoms with Crippen molar-refractivity contribution in [3.8, 4) is 0 Å². The van der Waals surface area contributed by atoms with Gasteiger partial charge in [-0.25, -0.2) is 4.68 Å². The van der Waals surface area contributed by atoms with Gasteiger partial charge in [0.15, 0.2) is 0 Å². The van der Waals surface area contributed by atoms with Crippen molar-refractivity contribution in [2.75, 3.05) is 0 Å². The third kappa shape index (κ3) is 3.82. The summed E-state index contributed by atoms with van der Waals surface area (Å²) in [5, 5.41) is 4.31. The molecular formula is C17H24N2. The van der Waals surface area contributed by atoms with E-state index in [9.17, 15) is 0 Å². The van der Waals surface area contributed by atoms with Crippen molar-refractivity contribution in [2.24, 2.45) is 0 Å². The van der Waals surface area contributed by atoms with Crippen molar-refractivity contribution in [2.45, 2.75) is 41.0 Å². The first kappa shape index (κ1) is 15.2. The van der Waals surface area contributed by atoms with E-state index in [0.717, 1.165) is 23.4 Å². The predicted octanol–water partition coefficient (Wildman–Crippen LogP) is 4.91. The van der Waals surface area contributed by atoms with Crippen molar-refractivity contribution in [1.82, 2.24) is 9.78 Å². The molecule has 0 aliphatic rings. The van der Waals surface area contributed by atoms with Crippen LogP contribution in [0.15, 0.2) is 53.8 Å². The van der Waals surface area contributed by atoms with Crippen LogP contribution in [0, 0.1) is 6.92 Å². The molecule has 1 heterocycles. The molecule has 1 aromatic rings. The van der Waals surface area contributed by atoms with Crippen molar-refractivity contribution in [3.05, 3.63) is 59.5 Å². The molecule has 2 nitrogen and oxygen atoms in total. The summed E-state index contributed by atoms with van der Waals surface area (Å²) >= 11 is 0. The minimum absolute atomic E-state index is 1.03. The van der Waals surface area contributed by atoms with E-state index < -0.39 is 0 Å². The Hall–Kier alpha value is -1.83. The van der Waals surface area contributed by atoms with Crippen LogP contribution in [0.25, 0.3) is 5.70 Å². The molecule has 0 amide bonds. The first-order valence-electron chi connectivity index (χ1n) is 6.73. The third-order valence-electron chi connectivity index (χ3n) is 3.12. The van der Waals surface area contributed by atoms with E-state index in [1.807, 2.05) is 23.9 Å². The maximum Gasteiger partial charge on any atom is 0.0496 e. The van der Waals surface area contributed by atoms with Gasteiger partial charge < -0.3 is 0 Å². The number of nitrogens with zero attached hydrogens (tertiary/aromatic N) is 2. The van der Waals surface area contributed by atoms with Crippen molar-refractivity contribution in [1.29, 1.82) is 0 Å². The Morgan fingerprint density at radius 1 is 1.42 bits per heavy atom. The smallest absolute Gasteiger partial charge is 0.0496 e. The van der Waals surface area contributed by atoms with Crippen LogP contribution in [0.2, 0.25) is 0 Å². The second-order valence-corrected chi connectivity index (χ2v) is 4.69. The average molecular weight is 256 g/mol. The zero-order valence-corrected chi connectivity index (χ0v) is 12.7. The topological polar surface area (TPSA) is 17.8 Å². The number of hydrogen-bond acceptors (Lipinski definition) is 1. The number of hydrogen-bond donors (Lipinski definition) is 0. The molecule has 19 heavy (non-hydrogen) atoms. The van der Waals surface area contributed by atoms with Gasteiger partial charge in [-0.3, -0.25) is 0 Å². The Bertz CT molecular complexity index is 539. The van der Waals surface area contributed by atoms with Crippen LogP contribution in [-0.4, -0.2) is 9.78 Å². The Balaban J connectivity index is 3.01. The number of aromatic nitrogens is 2. The lowest BCUT2D eigenvalue weighted by Crippen LogP contribution is -1.99. The van der Waals surface area contributed by atoms with E-state index in [0.29, 0.717) is 0 Å². The van der Waals surface area contributed by atoms with Crippen LogP contribution in [0.5, 0.6) is 0 Å². The summed E-state index contributed by atoms with van der Waals surface area (Å²) in [6.45, 7) is 14.6. The number of allylic oxidation sites excluding steroid dienone is 7. The van der Waals surface area contributed by atoms with Crippen molar-refractivity contribution >= 4 is 5.70 Å². The highest BCUT2D eigenvalue weighted by atomic mass is 15.3. The Labute approximate surface area is 116 Å². The van der Waals surface area contributed by atoms with E-state index >= 15 is 0 Å². The molecule has 102 valence electrons. The molecule has 0 fully saturated rings. The monoisotopic (exact) mass is 256 g/mol. The predicted molar refractivity (Wildman–Crippen MR) is 83.9 cm³/mol. The maximum absolute atomic E-state index is 4.31. The Kier molecular flexibility index (Phi) is 5.56. The quantitative estimate of drug-likeness (QED) is 0.684. The van der Waals surface area contributed by atoms with Gasteiger partial charge in [0.25, 0.3) is 0 Å². The zero-order valence-electron chi connectivity index (χ0n) is 12.7. The minimum atomic E-state index is 1.03. The summed E-state index contributed by atoms with van der Waals surface area (Å²) in [5.74, 6) is 0. The molecule has 0 aromatic carbocycles.